The van der Waals surface area contributed by atoms with E-state index >= 15 is 0 Å². The van der Waals surface area contributed by atoms with Crippen LogP contribution >= 0.6 is 0 Å². The predicted octanol–water partition coefficient (Wildman–Crippen LogP) is 3.62. The van der Waals surface area contributed by atoms with E-state index in [9.17, 15) is 0 Å². The van der Waals surface area contributed by atoms with Gasteiger partial charge in [0.05, 0.1) is 23.5 Å². The number of aromatic amines is 1. The second-order valence-corrected chi connectivity index (χ2v) is 7.10. The minimum Gasteiger partial charge on any atom is -0.492 e. The number of fused-ring (bicyclic) bond motifs is 1. The molecule has 0 radical (unpaired) electrons. The van der Waals surface area contributed by atoms with Crippen molar-refractivity contribution in [3.63, 3.8) is 0 Å². The molecule has 1 aliphatic rings. The molecule has 6 heteroatoms. The molecule has 6 nitrogen and oxygen atoms in total. The van der Waals surface area contributed by atoms with E-state index in [1.165, 1.54) is 0 Å². The SMILES string of the molecule is CN(C)CCOc1ccc([N+]2(C)C=CC=N2)c(-c2cccc3[nH]ncc23)c1. The number of hydrogen-bond acceptors (Lipinski definition) is 4. The lowest BCUT2D eigenvalue weighted by Crippen LogP contribution is -2.30. The number of aromatic nitrogens is 2. The largest absolute Gasteiger partial charge is 0.492 e. The molecule has 2 heterocycles. The van der Waals surface area contributed by atoms with Gasteiger partial charge in [-0.05, 0) is 37.9 Å². The summed E-state index contributed by atoms with van der Waals surface area (Å²) in [6.07, 6.45) is 7.76. The maximum Gasteiger partial charge on any atom is 0.171 e. The van der Waals surface area contributed by atoms with Gasteiger partial charge in [0.25, 0.3) is 0 Å². The maximum atomic E-state index is 5.99. The van der Waals surface area contributed by atoms with E-state index in [0.717, 1.165) is 40.0 Å². The molecule has 0 amide bonds. The number of benzene rings is 2. The van der Waals surface area contributed by atoms with Crippen molar-refractivity contribution in [2.45, 2.75) is 0 Å². The first kappa shape index (κ1) is 17.5. The van der Waals surface area contributed by atoms with Crippen LogP contribution in [0.5, 0.6) is 5.75 Å². The van der Waals surface area contributed by atoms with Gasteiger partial charge < -0.3 is 9.64 Å². The molecule has 0 spiro atoms. The molecule has 3 aromatic rings. The molecule has 0 saturated carbocycles. The molecule has 27 heavy (non-hydrogen) atoms. The summed E-state index contributed by atoms with van der Waals surface area (Å²) in [6, 6.07) is 12.4. The van der Waals surface area contributed by atoms with Crippen LogP contribution in [-0.2, 0) is 0 Å². The zero-order valence-corrected chi connectivity index (χ0v) is 15.9. The summed E-state index contributed by atoms with van der Waals surface area (Å²) < 4.78 is 6.37. The van der Waals surface area contributed by atoms with Crippen LogP contribution in [0.15, 0.2) is 60.0 Å². The molecule has 1 N–H and O–H groups in total. The number of rotatable bonds is 6. The number of hydrogen-bond donors (Lipinski definition) is 1. The van der Waals surface area contributed by atoms with E-state index in [1.54, 1.807) is 0 Å². The Morgan fingerprint density at radius 3 is 2.81 bits per heavy atom. The van der Waals surface area contributed by atoms with Crippen molar-refractivity contribution < 1.29 is 4.74 Å². The molecule has 2 aromatic carbocycles. The van der Waals surface area contributed by atoms with Gasteiger partial charge in [-0.15, -0.1) is 4.59 Å². The summed E-state index contributed by atoms with van der Waals surface area (Å²) in [5.41, 5.74) is 4.31. The van der Waals surface area contributed by atoms with Crippen LogP contribution in [-0.4, -0.2) is 55.6 Å². The molecule has 0 aliphatic carbocycles. The highest BCUT2D eigenvalue weighted by Gasteiger charge is 2.29. The quantitative estimate of drug-likeness (QED) is 0.682. The van der Waals surface area contributed by atoms with E-state index in [4.69, 9.17) is 4.74 Å². The van der Waals surface area contributed by atoms with Crippen molar-refractivity contribution in [1.29, 1.82) is 0 Å². The average Bonchev–Trinajstić information content (AvgIpc) is 3.30. The first-order chi connectivity index (χ1) is 13.1. The number of ether oxygens (including phenoxy) is 1. The Hall–Kier alpha value is -2.96. The van der Waals surface area contributed by atoms with Crippen molar-refractivity contribution in [1.82, 2.24) is 19.7 Å². The highest BCUT2D eigenvalue weighted by molar-refractivity contribution is 5.98. The number of H-pyrrole nitrogens is 1. The Morgan fingerprint density at radius 2 is 2.04 bits per heavy atom. The molecule has 0 bridgehead atoms. The number of likely N-dealkylation sites (N-methyl/N-ethyl adjacent to an activating group) is 1. The van der Waals surface area contributed by atoms with Gasteiger partial charge in [-0.25, -0.2) is 0 Å². The molecule has 1 aromatic heterocycles. The summed E-state index contributed by atoms with van der Waals surface area (Å²) in [6.45, 7) is 1.51. The van der Waals surface area contributed by atoms with Crippen molar-refractivity contribution in [3.8, 4) is 16.9 Å². The highest BCUT2D eigenvalue weighted by Crippen LogP contribution is 2.40. The molecular formula is C21H24N5O+. The fourth-order valence-electron chi connectivity index (χ4n) is 3.33. The summed E-state index contributed by atoms with van der Waals surface area (Å²) in [5, 5.41) is 13.0. The van der Waals surface area contributed by atoms with Crippen LogP contribution in [0.1, 0.15) is 0 Å². The Morgan fingerprint density at radius 1 is 1.15 bits per heavy atom. The van der Waals surface area contributed by atoms with Crippen molar-refractivity contribution in [2.75, 3.05) is 34.3 Å². The van der Waals surface area contributed by atoms with Crippen LogP contribution in [0.4, 0.5) is 5.69 Å². The van der Waals surface area contributed by atoms with Crippen LogP contribution < -0.4 is 9.33 Å². The summed E-state index contributed by atoms with van der Waals surface area (Å²) in [4.78, 5) is 2.11. The zero-order valence-electron chi connectivity index (χ0n) is 15.9. The Kier molecular flexibility index (Phi) is 4.51. The van der Waals surface area contributed by atoms with E-state index in [2.05, 4.69) is 51.6 Å². The third kappa shape index (κ3) is 3.37. The minimum atomic E-state index is 0.377. The van der Waals surface area contributed by atoms with Crippen molar-refractivity contribution >= 4 is 22.8 Å². The van der Waals surface area contributed by atoms with E-state index < -0.39 is 0 Å². The zero-order chi connectivity index (χ0) is 18.9. The van der Waals surface area contributed by atoms with Crippen LogP contribution in [0.2, 0.25) is 0 Å². The Labute approximate surface area is 159 Å². The lowest BCUT2D eigenvalue weighted by Gasteiger charge is -2.23. The normalized spacial score (nSPS) is 18.7. The molecule has 1 aliphatic heterocycles. The molecule has 1 atom stereocenters. The number of nitrogens with zero attached hydrogens (tertiary/aromatic N) is 4. The van der Waals surface area contributed by atoms with Gasteiger partial charge in [-0.2, -0.15) is 5.10 Å². The fraction of sp³-hybridized carbons (Fsp3) is 0.238. The summed E-state index contributed by atoms with van der Waals surface area (Å²) in [5.74, 6) is 0.856. The summed E-state index contributed by atoms with van der Waals surface area (Å²) >= 11 is 0. The van der Waals surface area contributed by atoms with Gasteiger partial charge in [0.2, 0.25) is 0 Å². The van der Waals surface area contributed by atoms with Gasteiger partial charge >= 0.3 is 0 Å². The number of nitrogens with one attached hydrogen (secondary N) is 1. The molecule has 0 saturated heterocycles. The van der Waals surface area contributed by atoms with Crippen molar-refractivity contribution in [3.05, 3.63) is 54.9 Å². The monoisotopic (exact) mass is 362 g/mol. The van der Waals surface area contributed by atoms with Gasteiger partial charge in [0, 0.05) is 24.1 Å². The van der Waals surface area contributed by atoms with Crippen LogP contribution in [0.3, 0.4) is 0 Å². The van der Waals surface area contributed by atoms with Gasteiger partial charge in [0.15, 0.2) is 5.69 Å². The molecule has 0 fully saturated rings. The molecule has 4 rings (SSSR count). The Balaban J connectivity index is 1.82. The average molecular weight is 362 g/mol. The van der Waals surface area contributed by atoms with Gasteiger partial charge in [0.1, 0.15) is 25.6 Å². The van der Waals surface area contributed by atoms with Crippen molar-refractivity contribution in [2.24, 2.45) is 5.10 Å². The van der Waals surface area contributed by atoms with Crippen LogP contribution in [0.25, 0.3) is 22.0 Å². The lowest BCUT2D eigenvalue weighted by atomic mass is 9.99. The second kappa shape index (κ2) is 6.98. The first-order valence-electron chi connectivity index (χ1n) is 9.01. The lowest BCUT2D eigenvalue weighted by molar-refractivity contribution is 0.261. The van der Waals surface area contributed by atoms with E-state index in [0.29, 0.717) is 11.2 Å². The number of allylic oxidation sites excluding steroid dienone is 1. The fourth-order valence-corrected chi connectivity index (χ4v) is 3.33. The first-order valence-corrected chi connectivity index (χ1v) is 9.01. The summed E-state index contributed by atoms with van der Waals surface area (Å²) in [7, 11) is 6.15. The maximum absolute atomic E-state index is 5.99. The molecular weight excluding hydrogens is 338 g/mol. The molecule has 1 unspecified atom stereocenters. The smallest absolute Gasteiger partial charge is 0.171 e. The minimum absolute atomic E-state index is 0.377. The second-order valence-electron chi connectivity index (χ2n) is 7.10. The highest BCUT2D eigenvalue weighted by atomic mass is 16.5. The molecule has 138 valence electrons. The third-order valence-electron chi connectivity index (χ3n) is 4.81. The number of quaternary nitrogens is 1. The Bertz CT molecular complexity index is 1010. The van der Waals surface area contributed by atoms with Gasteiger partial charge in [-0.3, -0.25) is 5.10 Å². The van der Waals surface area contributed by atoms with Crippen LogP contribution in [0, 0.1) is 0 Å². The van der Waals surface area contributed by atoms with E-state index in [1.807, 2.05) is 50.8 Å². The predicted molar refractivity (Wildman–Crippen MR) is 111 cm³/mol. The third-order valence-corrected chi connectivity index (χ3v) is 4.81. The van der Waals surface area contributed by atoms with Gasteiger partial charge in [-0.1, -0.05) is 17.2 Å². The standard InChI is InChI=1S/C21H24N5O/c1-25(2)11-13-27-16-8-9-21(26(3)12-5-10-23-26)18(14-16)17-6-4-7-20-19(17)15-22-24-20/h4-10,12,14-15H,11,13H2,1-3H3,(H,22,24)/q+1. The van der Waals surface area contributed by atoms with E-state index in [-0.39, 0.29) is 0 Å². The topological polar surface area (TPSA) is 53.5 Å².